The number of aromatic hydroxyl groups is 4. The standard InChI is InChI=1S/C28H17BrO8/c1-37-18-11-12(10-17(29)26(18)34)19(20-22(30)13-6-2-4-8-15(13)24(32)27(20)35)21-23(31)14-7-3-5-9-16(14)25(33)28(21)36/h2-11,30,32,34-35H,1H3/b21-19-. The summed E-state index contributed by atoms with van der Waals surface area (Å²) in [6, 6.07) is 14.5. The molecule has 0 saturated heterocycles. The van der Waals surface area contributed by atoms with Crippen molar-refractivity contribution < 1.29 is 39.5 Å². The summed E-state index contributed by atoms with van der Waals surface area (Å²) in [4.78, 5) is 40.2. The fraction of sp³-hybridized carbons (Fsp3) is 0.0357. The van der Waals surface area contributed by atoms with Crippen LogP contribution in [0.15, 0.2) is 70.7 Å². The van der Waals surface area contributed by atoms with Crippen molar-refractivity contribution in [3.63, 3.8) is 0 Å². The van der Waals surface area contributed by atoms with E-state index in [0.29, 0.717) is 0 Å². The molecule has 1 aliphatic carbocycles. The Kier molecular flexibility index (Phi) is 5.72. The maximum absolute atomic E-state index is 13.7. The first-order valence-electron chi connectivity index (χ1n) is 10.9. The van der Waals surface area contributed by atoms with Gasteiger partial charge in [-0.15, -0.1) is 0 Å². The van der Waals surface area contributed by atoms with Gasteiger partial charge in [-0.05, 0) is 33.6 Å². The topological polar surface area (TPSA) is 141 Å². The molecular weight excluding hydrogens is 544 g/mol. The summed E-state index contributed by atoms with van der Waals surface area (Å²) in [5, 5.41) is 43.8. The lowest BCUT2D eigenvalue weighted by molar-refractivity contribution is -0.111. The van der Waals surface area contributed by atoms with Gasteiger partial charge >= 0.3 is 0 Å². The largest absolute Gasteiger partial charge is 0.507 e. The highest BCUT2D eigenvalue weighted by Crippen LogP contribution is 2.51. The first-order chi connectivity index (χ1) is 17.7. The maximum atomic E-state index is 13.7. The minimum atomic E-state index is -1.16. The lowest BCUT2D eigenvalue weighted by atomic mass is 9.78. The summed E-state index contributed by atoms with van der Waals surface area (Å²) in [5.41, 5.74) is -1.46. The van der Waals surface area contributed by atoms with Crippen molar-refractivity contribution in [2.45, 2.75) is 0 Å². The molecule has 4 N–H and O–H groups in total. The number of hydrogen-bond acceptors (Lipinski definition) is 8. The van der Waals surface area contributed by atoms with Crippen LogP contribution in [0.25, 0.3) is 16.3 Å². The summed E-state index contributed by atoms with van der Waals surface area (Å²) in [6.07, 6.45) is 0. The van der Waals surface area contributed by atoms with Crippen LogP contribution in [0.2, 0.25) is 0 Å². The zero-order chi connectivity index (χ0) is 26.6. The Morgan fingerprint density at radius 1 is 0.703 bits per heavy atom. The van der Waals surface area contributed by atoms with Gasteiger partial charge < -0.3 is 25.2 Å². The summed E-state index contributed by atoms with van der Waals surface area (Å²) >= 11 is 3.20. The zero-order valence-corrected chi connectivity index (χ0v) is 20.7. The fourth-order valence-corrected chi connectivity index (χ4v) is 4.93. The maximum Gasteiger partial charge on any atom is 0.238 e. The summed E-state index contributed by atoms with van der Waals surface area (Å²) in [5.74, 6) is -5.22. The SMILES string of the molecule is COc1cc(/C(=C2/C(=O)C(=O)c3ccccc3C2=O)c2c(O)c(O)c3ccccc3c2O)cc(Br)c1O. The van der Waals surface area contributed by atoms with E-state index >= 15 is 0 Å². The van der Waals surface area contributed by atoms with Crippen LogP contribution in [0.4, 0.5) is 0 Å². The number of benzene rings is 4. The molecule has 0 aromatic heterocycles. The minimum absolute atomic E-state index is 0.0330. The number of halogens is 1. The second-order valence-electron chi connectivity index (χ2n) is 8.26. The van der Waals surface area contributed by atoms with Gasteiger partial charge in [0.15, 0.2) is 28.8 Å². The van der Waals surface area contributed by atoms with Crippen molar-refractivity contribution in [1.29, 1.82) is 0 Å². The van der Waals surface area contributed by atoms with Gasteiger partial charge in [0, 0.05) is 27.5 Å². The van der Waals surface area contributed by atoms with E-state index in [2.05, 4.69) is 15.9 Å². The van der Waals surface area contributed by atoms with Gasteiger partial charge in [0.2, 0.25) is 11.6 Å². The number of fused-ring (bicyclic) bond motifs is 2. The van der Waals surface area contributed by atoms with Crippen LogP contribution in [0, 0.1) is 0 Å². The molecule has 5 rings (SSSR count). The van der Waals surface area contributed by atoms with Crippen molar-refractivity contribution in [1.82, 2.24) is 0 Å². The number of ketones is 3. The molecule has 9 heteroatoms. The van der Waals surface area contributed by atoms with Crippen LogP contribution in [0.5, 0.6) is 28.7 Å². The van der Waals surface area contributed by atoms with Crippen LogP contribution in [-0.4, -0.2) is 44.9 Å². The van der Waals surface area contributed by atoms with Gasteiger partial charge in [-0.2, -0.15) is 0 Å². The van der Waals surface area contributed by atoms with Crippen LogP contribution in [-0.2, 0) is 4.79 Å². The molecule has 4 aromatic rings. The monoisotopic (exact) mass is 560 g/mol. The quantitative estimate of drug-likeness (QED) is 0.0912. The van der Waals surface area contributed by atoms with E-state index < -0.39 is 45.7 Å². The molecule has 0 spiro atoms. The Bertz CT molecular complexity index is 1720. The number of rotatable bonds is 3. The first kappa shape index (κ1) is 24.1. The van der Waals surface area contributed by atoms with E-state index in [1.54, 1.807) is 12.1 Å². The molecule has 1 aliphatic rings. The lowest BCUT2D eigenvalue weighted by Gasteiger charge is -2.22. The van der Waals surface area contributed by atoms with E-state index in [4.69, 9.17) is 4.74 Å². The van der Waals surface area contributed by atoms with Crippen molar-refractivity contribution in [3.05, 3.63) is 93.0 Å². The molecular formula is C28H17BrO8. The Morgan fingerprint density at radius 2 is 1.27 bits per heavy atom. The third kappa shape index (κ3) is 3.54. The number of phenolic OH excluding ortho intramolecular Hbond substituents is 4. The highest BCUT2D eigenvalue weighted by Gasteiger charge is 2.40. The Balaban J connectivity index is 1.99. The molecule has 0 saturated carbocycles. The normalized spacial score (nSPS) is 14.6. The third-order valence-corrected chi connectivity index (χ3v) is 6.85. The number of carbonyl (C=O) groups excluding carboxylic acids is 3. The molecule has 0 heterocycles. The van der Waals surface area contributed by atoms with Crippen LogP contribution in [0.1, 0.15) is 31.8 Å². The number of allylic oxidation sites excluding steroid dienone is 1. The van der Waals surface area contributed by atoms with E-state index in [1.807, 2.05) is 0 Å². The predicted octanol–water partition coefficient (Wildman–Crippen LogP) is 4.88. The second-order valence-corrected chi connectivity index (χ2v) is 9.11. The Hall–Kier alpha value is -4.63. The number of carbonyl (C=O) groups is 3. The third-order valence-electron chi connectivity index (χ3n) is 6.25. The van der Waals surface area contributed by atoms with Gasteiger partial charge in [0.25, 0.3) is 0 Å². The molecule has 0 atom stereocenters. The molecule has 8 nitrogen and oxygen atoms in total. The average Bonchev–Trinajstić information content (AvgIpc) is 2.91. The Morgan fingerprint density at radius 3 is 1.89 bits per heavy atom. The van der Waals surface area contributed by atoms with Gasteiger partial charge in [-0.3, -0.25) is 14.4 Å². The highest BCUT2D eigenvalue weighted by molar-refractivity contribution is 9.10. The van der Waals surface area contributed by atoms with Crippen LogP contribution in [0.3, 0.4) is 0 Å². The molecule has 0 unspecified atom stereocenters. The van der Waals surface area contributed by atoms with E-state index in [1.165, 1.54) is 55.6 Å². The smallest absolute Gasteiger partial charge is 0.238 e. The number of methoxy groups -OCH3 is 1. The highest BCUT2D eigenvalue weighted by atomic mass is 79.9. The molecule has 0 fully saturated rings. The van der Waals surface area contributed by atoms with Crippen molar-refractivity contribution >= 4 is 49.6 Å². The van der Waals surface area contributed by atoms with E-state index in [9.17, 15) is 34.8 Å². The van der Waals surface area contributed by atoms with Gasteiger partial charge in [-0.25, -0.2) is 0 Å². The predicted molar refractivity (Wildman–Crippen MR) is 137 cm³/mol. The lowest BCUT2D eigenvalue weighted by Crippen LogP contribution is -2.31. The number of ether oxygens (including phenoxy) is 1. The average molecular weight is 561 g/mol. The van der Waals surface area contributed by atoms with Crippen molar-refractivity contribution in [2.24, 2.45) is 0 Å². The van der Waals surface area contributed by atoms with Gasteiger partial charge in [0.05, 0.1) is 22.7 Å². The van der Waals surface area contributed by atoms with Gasteiger partial charge in [0.1, 0.15) is 5.75 Å². The summed E-state index contributed by atoms with van der Waals surface area (Å²) in [7, 11) is 1.28. The molecule has 4 aromatic carbocycles. The molecule has 184 valence electrons. The number of Topliss-reactive ketones (excluding diaryl/α,β-unsaturated/α-hetero) is 3. The zero-order valence-electron chi connectivity index (χ0n) is 19.1. The fourth-order valence-electron chi connectivity index (χ4n) is 4.49. The molecule has 0 bridgehead atoms. The van der Waals surface area contributed by atoms with E-state index in [-0.39, 0.29) is 49.0 Å². The van der Waals surface area contributed by atoms with Crippen molar-refractivity contribution in [3.8, 4) is 28.7 Å². The van der Waals surface area contributed by atoms with Crippen molar-refractivity contribution in [2.75, 3.05) is 7.11 Å². The molecule has 0 aliphatic heterocycles. The Labute approximate surface area is 217 Å². The molecule has 37 heavy (non-hydrogen) atoms. The van der Waals surface area contributed by atoms with Gasteiger partial charge in [-0.1, -0.05) is 48.5 Å². The van der Waals surface area contributed by atoms with E-state index in [0.717, 1.165) is 0 Å². The summed E-state index contributed by atoms with van der Waals surface area (Å²) in [6.45, 7) is 0. The molecule has 0 amide bonds. The molecule has 0 radical (unpaired) electrons. The second kappa shape index (κ2) is 8.79. The minimum Gasteiger partial charge on any atom is -0.507 e. The van der Waals surface area contributed by atoms with Crippen LogP contribution < -0.4 is 4.74 Å². The first-order valence-corrected chi connectivity index (χ1v) is 11.7. The number of phenols is 4. The number of hydrogen-bond donors (Lipinski definition) is 4. The summed E-state index contributed by atoms with van der Waals surface area (Å²) < 4.78 is 5.31. The van der Waals surface area contributed by atoms with Crippen LogP contribution >= 0.6 is 15.9 Å².